The molecule has 4 atom stereocenters. The van der Waals surface area contributed by atoms with Gasteiger partial charge in [0.25, 0.3) is 0 Å². The summed E-state index contributed by atoms with van der Waals surface area (Å²) in [6, 6.07) is 0.0759. The van der Waals surface area contributed by atoms with Crippen molar-refractivity contribution in [2.75, 3.05) is 20.8 Å². The van der Waals surface area contributed by atoms with Gasteiger partial charge in [-0.15, -0.1) is 0 Å². The van der Waals surface area contributed by atoms with Gasteiger partial charge in [0.2, 0.25) is 11.6 Å². The third-order valence-corrected chi connectivity index (χ3v) is 5.69. The fourth-order valence-corrected chi connectivity index (χ4v) is 4.61. The number of ether oxygens (including phenoxy) is 2. The standard InChI is InChI=1S/C16H19N3O6/c1-6-12(21)11-10(13(22)14(6)23-2)7(4-9(20)25-17)16(24-3)15-8(18-15)5-19(11)16/h7-8,15,18H,4-5,17H2,1-3H3/t7-,8-,15-,16+/m0/s1. The van der Waals surface area contributed by atoms with E-state index in [1.165, 1.54) is 14.2 Å². The van der Waals surface area contributed by atoms with Gasteiger partial charge in [-0.1, -0.05) is 0 Å². The zero-order valence-electron chi connectivity index (χ0n) is 14.1. The molecule has 0 amide bonds. The number of ketones is 2. The van der Waals surface area contributed by atoms with Gasteiger partial charge in [0, 0.05) is 30.8 Å². The van der Waals surface area contributed by atoms with Crippen LogP contribution in [0.15, 0.2) is 22.6 Å². The van der Waals surface area contributed by atoms with Gasteiger partial charge in [0.1, 0.15) is 0 Å². The fraction of sp³-hybridized carbons (Fsp3) is 0.562. The lowest BCUT2D eigenvalue weighted by molar-refractivity contribution is -0.155. The fourth-order valence-electron chi connectivity index (χ4n) is 4.61. The second kappa shape index (κ2) is 5.13. The molecule has 0 spiro atoms. The maximum Gasteiger partial charge on any atom is 0.325 e. The van der Waals surface area contributed by atoms with E-state index in [1.54, 1.807) is 6.92 Å². The van der Waals surface area contributed by atoms with Crippen molar-refractivity contribution in [1.82, 2.24) is 10.2 Å². The van der Waals surface area contributed by atoms with E-state index in [2.05, 4.69) is 10.2 Å². The second-order valence-electron chi connectivity index (χ2n) is 6.64. The SMILES string of the molecule is COC1=C(C)C(=O)C2=C(C1=O)[C@H](CC(=O)ON)[C@@]1(OC)[C@H]3N[C@H]3CN21. The first-order valence-corrected chi connectivity index (χ1v) is 7.99. The summed E-state index contributed by atoms with van der Waals surface area (Å²) in [6.45, 7) is 2.09. The monoisotopic (exact) mass is 349 g/mol. The summed E-state index contributed by atoms with van der Waals surface area (Å²) in [7, 11) is 2.86. The van der Waals surface area contributed by atoms with E-state index in [-0.39, 0.29) is 41.2 Å². The summed E-state index contributed by atoms with van der Waals surface area (Å²) in [5.74, 6) is 2.97. The van der Waals surface area contributed by atoms with Crippen molar-refractivity contribution in [2.45, 2.75) is 31.2 Å². The summed E-state index contributed by atoms with van der Waals surface area (Å²) in [5.41, 5.74) is -0.189. The Labute approximate surface area is 143 Å². The van der Waals surface area contributed by atoms with Crippen LogP contribution < -0.4 is 11.2 Å². The number of Topliss-reactive ketones (excluding diaryl/α,β-unsaturated/α-hetero) is 2. The van der Waals surface area contributed by atoms with Gasteiger partial charge in [-0.2, -0.15) is 5.90 Å². The minimum Gasteiger partial charge on any atom is -0.492 e. The Bertz CT molecular complexity index is 772. The van der Waals surface area contributed by atoms with Crippen molar-refractivity contribution >= 4 is 17.5 Å². The van der Waals surface area contributed by atoms with Crippen molar-refractivity contribution in [3.05, 3.63) is 22.6 Å². The third-order valence-electron chi connectivity index (χ3n) is 5.69. The highest BCUT2D eigenvalue weighted by Gasteiger charge is 2.72. The van der Waals surface area contributed by atoms with Crippen molar-refractivity contribution in [3.8, 4) is 0 Å². The maximum atomic E-state index is 13.0. The number of hydrogen-bond acceptors (Lipinski definition) is 9. The molecule has 9 nitrogen and oxygen atoms in total. The number of nitrogens with zero attached hydrogens (tertiary/aromatic N) is 1. The molecule has 0 aromatic carbocycles. The Hall–Kier alpha value is -2.23. The van der Waals surface area contributed by atoms with Gasteiger partial charge in [-0.25, -0.2) is 0 Å². The van der Waals surface area contributed by atoms with Crippen molar-refractivity contribution in [3.63, 3.8) is 0 Å². The first kappa shape index (κ1) is 16.2. The third kappa shape index (κ3) is 1.80. The van der Waals surface area contributed by atoms with Crippen LogP contribution in [0.1, 0.15) is 13.3 Å². The lowest BCUT2D eigenvalue weighted by atomic mass is 9.80. The summed E-state index contributed by atoms with van der Waals surface area (Å²) in [5, 5.41) is 3.28. The average Bonchev–Trinajstić information content (AvgIpc) is 3.22. The number of piperazine rings is 1. The largest absolute Gasteiger partial charge is 0.492 e. The summed E-state index contributed by atoms with van der Waals surface area (Å²) in [4.78, 5) is 44.0. The summed E-state index contributed by atoms with van der Waals surface area (Å²) in [6.07, 6.45) is -0.167. The quantitative estimate of drug-likeness (QED) is 0.363. The molecule has 1 aliphatic carbocycles. The first-order chi connectivity index (χ1) is 11.9. The Kier molecular flexibility index (Phi) is 3.34. The van der Waals surface area contributed by atoms with Crippen molar-refractivity contribution in [1.29, 1.82) is 0 Å². The molecule has 2 saturated heterocycles. The molecule has 0 aromatic rings. The van der Waals surface area contributed by atoms with Gasteiger partial charge in [-0.3, -0.25) is 14.4 Å². The topological polar surface area (TPSA) is 130 Å². The van der Waals surface area contributed by atoms with E-state index in [9.17, 15) is 14.4 Å². The first-order valence-electron chi connectivity index (χ1n) is 7.99. The summed E-state index contributed by atoms with van der Waals surface area (Å²) < 4.78 is 11.0. The van der Waals surface area contributed by atoms with Crippen LogP contribution in [0.4, 0.5) is 0 Å². The average molecular weight is 349 g/mol. The molecule has 2 fully saturated rings. The van der Waals surface area contributed by atoms with Crippen LogP contribution >= 0.6 is 0 Å². The Morgan fingerprint density at radius 1 is 1.36 bits per heavy atom. The van der Waals surface area contributed by atoms with Gasteiger partial charge in [-0.05, 0) is 6.92 Å². The lowest BCUT2D eigenvalue weighted by Gasteiger charge is -2.39. The smallest absolute Gasteiger partial charge is 0.325 e. The van der Waals surface area contributed by atoms with Gasteiger partial charge < -0.3 is 24.5 Å². The van der Waals surface area contributed by atoms with Crippen LogP contribution in [0.25, 0.3) is 0 Å². The number of hydrogen-bond donors (Lipinski definition) is 2. The van der Waals surface area contributed by atoms with Crippen molar-refractivity contribution < 1.29 is 28.7 Å². The predicted molar refractivity (Wildman–Crippen MR) is 82.3 cm³/mol. The van der Waals surface area contributed by atoms with E-state index in [0.29, 0.717) is 12.2 Å². The zero-order valence-corrected chi connectivity index (χ0v) is 14.1. The highest BCUT2D eigenvalue weighted by Crippen LogP contribution is 2.56. The van der Waals surface area contributed by atoms with Gasteiger partial charge >= 0.3 is 5.97 Å². The molecule has 4 aliphatic rings. The molecule has 3 N–H and O–H groups in total. The van der Waals surface area contributed by atoms with Gasteiger partial charge in [0.15, 0.2) is 11.5 Å². The molecular weight excluding hydrogens is 330 g/mol. The van der Waals surface area contributed by atoms with E-state index in [4.69, 9.17) is 15.4 Å². The Balaban J connectivity index is 1.87. The highest BCUT2D eigenvalue weighted by molar-refractivity contribution is 6.25. The lowest BCUT2D eigenvalue weighted by Crippen LogP contribution is -2.54. The molecule has 3 heterocycles. The number of rotatable bonds is 4. The van der Waals surface area contributed by atoms with Crippen LogP contribution in [0, 0.1) is 5.92 Å². The van der Waals surface area contributed by atoms with Crippen LogP contribution in [0.2, 0.25) is 0 Å². The highest BCUT2D eigenvalue weighted by atomic mass is 16.7. The minimum absolute atomic E-state index is 0.00241. The summed E-state index contributed by atoms with van der Waals surface area (Å²) >= 11 is 0. The molecule has 25 heavy (non-hydrogen) atoms. The Morgan fingerprint density at radius 2 is 2.08 bits per heavy atom. The van der Waals surface area contributed by atoms with Crippen LogP contribution in [0.3, 0.4) is 0 Å². The molecule has 0 bridgehead atoms. The molecule has 3 aliphatic heterocycles. The molecule has 4 rings (SSSR count). The van der Waals surface area contributed by atoms with E-state index in [0.717, 1.165) is 0 Å². The Morgan fingerprint density at radius 3 is 2.68 bits per heavy atom. The molecule has 0 saturated carbocycles. The maximum absolute atomic E-state index is 13.0. The predicted octanol–water partition coefficient (Wildman–Crippen LogP) is -1.25. The number of carbonyl (C=O) groups excluding carboxylic acids is 3. The molecule has 0 radical (unpaired) electrons. The van der Waals surface area contributed by atoms with Crippen LogP contribution in [-0.2, 0) is 28.7 Å². The van der Waals surface area contributed by atoms with Crippen LogP contribution in [0.5, 0.6) is 0 Å². The van der Waals surface area contributed by atoms with Crippen LogP contribution in [-0.4, -0.2) is 61.0 Å². The van der Waals surface area contributed by atoms with E-state index in [1.807, 2.05) is 4.90 Å². The second-order valence-corrected chi connectivity index (χ2v) is 6.64. The number of nitrogens with one attached hydrogen (secondary N) is 1. The number of carbonyl (C=O) groups is 3. The molecule has 9 heteroatoms. The van der Waals surface area contributed by atoms with E-state index < -0.39 is 23.4 Å². The molecule has 134 valence electrons. The molecular formula is C16H19N3O6. The van der Waals surface area contributed by atoms with Crippen molar-refractivity contribution in [2.24, 2.45) is 11.8 Å². The number of allylic oxidation sites excluding steroid dienone is 2. The molecule has 0 aromatic heterocycles. The van der Waals surface area contributed by atoms with Gasteiger partial charge in [0.05, 0.1) is 31.2 Å². The number of methoxy groups -OCH3 is 2. The number of fused-ring (bicyclic) bond motifs is 4. The number of nitrogens with two attached hydrogens (primary N) is 1. The van der Waals surface area contributed by atoms with E-state index >= 15 is 0 Å². The normalized spacial score (nSPS) is 35.7. The zero-order chi connectivity index (χ0) is 18.1. The minimum atomic E-state index is -0.988. The molecule has 0 unspecified atom stereocenters.